The molecule has 0 aliphatic heterocycles. The Hall–Kier alpha value is -8.20. The molecule has 10 nitrogen and oxygen atoms in total. The first-order valence-corrected chi connectivity index (χ1v) is 20.1. The molecule has 0 spiro atoms. The Morgan fingerprint density at radius 2 is 1.11 bits per heavy atom. The quantitative estimate of drug-likeness (QED) is 0.0724. The molecule has 6 aromatic carbocycles. The highest BCUT2D eigenvalue weighted by Gasteiger charge is 2.34. The molecule has 0 atom stereocenters. The van der Waals surface area contributed by atoms with Crippen LogP contribution in [0.1, 0.15) is 16.0 Å². The Labute approximate surface area is 356 Å². The SMILES string of the molecule is CN(c1ccccc1)c1ccc(C(=C2C=CC(=[N+](C)c3ccccc3)C=C2)c2sc(N(c3ccccc3[N+](=O)[O-])c3ccccc3[N+](=O)[O-])c(C#N)c2-c2ccccc2)cc1. The van der Waals surface area contributed by atoms with Gasteiger partial charge in [-0.15, -0.1) is 11.3 Å². The highest BCUT2D eigenvalue weighted by atomic mass is 32.1. The van der Waals surface area contributed by atoms with Crippen LogP contribution in [0, 0.1) is 31.6 Å². The van der Waals surface area contributed by atoms with Gasteiger partial charge in [0, 0.05) is 70.9 Å². The summed E-state index contributed by atoms with van der Waals surface area (Å²) >= 11 is 1.26. The molecule has 61 heavy (non-hydrogen) atoms. The van der Waals surface area contributed by atoms with Gasteiger partial charge in [-0.3, -0.25) is 25.1 Å². The van der Waals surface area contributed by atoms with Crippen LogP contribution in [0.4, 0.5) is 44.8 Å². The summed E-state index contributed by atoms with van der Waals surface area (Å²) in [6.07, 6.45) is 8.20. The standard InChI is InChI=1S/C50H37N6O4S/c1-52(38-18-8-4-9-19-38)40-30-26-36(27-31-40)47(37-28-32-41(33-29-37)53(2)39-20-10-5-11-21-39)49-48(35-16-6-3-7-17-35)42(34-51)50(61-49)54(43-22-12-14-24-45(43)55(57)58)44-23-13-15-25-46(44)56(59)60/h3-33H,1-2H3/q+1. The normalized spacial score (nSPS) is 11.8. The fraction of sp³-hybridized carbons (Fsp3) is 0.0400. The maximum absolute atomic E-state index is 12.6. The van der Waals surface area contributed by atoms with E-state index in [4.69, 9.17) is 0 Å². The first kappa shape index (κ1) is 39.6. The average Bonchev–Trinajstić information content (AvgIpc) is 3.68. The summed E-state index contributed by atoms with van der Waals surface area (Å²) in [5.41, 5.74) is 7.62. The van der Waals surface area contributed by atoms with Crippen molar-refractivity contribution < 1.29 is 14.4 Å². The Kier molecular flexibility index (Phi) is 11.3. The second-order valence-electron chi connectivity index (χ2n) is 14.0. The Morgan fingerprint density at radius 3 is 1.66 bits per heavy atom. The predicted molar refractivity (Wildman–Crippen MR) is 245 cm³/mol. The van der Waals surface area contributed by atoms with Gasteiger partial charge in [-0.2, -0.15) is 9.84 Å². The van der Waals surface area contributed by atoms with Crippen molar-refractivity contribution in [1.82, 2.24) is 0 Å². The average molecular weight is 818 g/mol. The molecule has 1 aliphatic carbocycles. The van der Waals surface area contributed by atoms with Gasteiger partial charge in [-0.05, 0) is 65.3 Å². The summed E-state index contributed by atoms with van der Waals surface area (Å²) in [4.78, 5) is 28.5. The number of benzene rings is 6. The van der Waals surface area contributed by atoms with Crippen molar-refractivity contribution in [3.63, 3.8) is 0 Å². The molecule has 0 radical (unpaired) electrons. The summed E-state index contributed by atoms with van der Waals surface area (Å²) in [6, 6.07) is 52.5. The van der Waals surface area contributed by atoms with Crippen molar-refractivity contribution in [2.45, 2.75) is 0 Å². The number of nitro benzene ring substituents is 2. The second-order valence-corrected chi connectivity index (χ2v) is 15.0. The Bertz CT molecular complexity index is 2880. The number of nitriles is 1. The molecule has 11 heteroatoms. The first-order valence-electron chi connectivity index (χ1n) is 19.3. The number of hydrogen-bond acceptors (Lipinski definition) is 8. The van der Waals surface area contributed by atoms with Crippen LogP contribution in [0.3, 0.4) is 0 Å². The molecular weight excluding hydrogens is 781 g/mol. The summed E-state index contributed by atoms with van der Waals surface area (Å²) in [5, 5.41) is 36.8. The van der Waals surface area contributed by atoms with E-state index in [0.717, 1.165) is 45.0 Å². The van der Waals surface area contributed by atoms with Gasteiger partial charge in [-0.1, -0.05) is 103 Å². The van der Waals surface area contributed by atoms with E-state index in [1.165, 1.54) is 28.4 Å². The molecule has 8 rings (SSSR count). The van der Waals surface area contributed by atoms with Gasteiger partial charge in [0.15, 0.2) is 0 Å². The molecule has 0 bridgehead atoms. The van der Waals surface area contributed by atoms with E-state index in [-0.39, 0.29) is 28.3 Å². The molecule has 0 N–H and O–H groups in total. The summed E-state index contributed by atoms with van der Waals surface area (Å²) < 4.78 is 2.10. The van der Waals surface area contributed by atoms with Crippen LogP contribution in [-0.2, 0) is 0 Å². The monoisotopic (exact) mass is 817 g/mol. The van der Waals surface area contributed by atoms with Gasteiger partial charge in [-0.25, -0.2) is 0 Å². The number of thiophene rings is 1. The third kappa shape index (κ3) is 7.87. The lowest BCUT2D eigenvalue weighted by atomic mass is 9.90. The van der Waals surface area contributed by atoms with Crippen molar-refractivity contribution >= 4 is 67.4 Å². The maximum atomic E-state index is 12.6. The van der Waals surface area contributed by atoms with Crippen LogP contribution in [0.5, 0.6) is 0 Å². The van der Waals surface area contributed by atoms with Gasteiger partial charge in [0.25, 0.3) is 11.4 Å². The fourth-order valence-corrected chi connectivity index (χ4v) is 8.82. The zero-order valence-electron chi connectivity index (χ0n) is 33.1. The Morgan fingerprint density at radius 1 is 0.623 bits per heavy atom. The van der Waals surface area contributed by atoms with Crippen LogP contribution in [0.15, 0.2) is 194 Å². The van der Waals surface area contributed by atoms with Crippen molar-refractivity contribution in [3.8, 4) is 17.2 Å². The maximum Gasteiger partial charge on any atom is 0.293 e. The van der Waals surface area contributed by atoms with E-state index in [1.54, 1.807) is 36.4 Å². The number of anilines is 5. The topological polar surface area (TPSA) is 120 Å². The molecule has 0 fully saturated rings. The number of hydrogen-bond donors (Lipinski definition) is 0. The van der Waals surface area contributed by atoms with Crippen LogP contribution < -0.4 is 9.80 Å². The molecule has 1 aromatic heterocycles. The van der Waals surface area contributed by atoms with Gasteiger partial charge >= 0.3 is 0 Å². The molecule has 1 aliphatic rings. The third-order valence-corrected chi connectivity index (χ3v) is 11.7. The van der Waals surface area contributed by atoms with E-state index < -0.39 is 9.85 Å². The molecule has 1 heterocycles. The van der Waals surface area contributed by atoms with Gasteiger partial charge < -0.3 is 4.90 Å². The molecule has 0 saturated carbocycles. The van der Waals surface area contributed by atoms with Gasteiger partial charge in [0.1, 0.15) is 29.5 Å². The molecule has 0 saturated heterocycles. The van der Waals surface area contributed by atoms with Crippen LogP contribution in [0.25, 0.3) is 16.7 Å². The number of nitrogens with zero attached hydrogens (tertiary/aromatic N) is 6. The summed E-state index contributed by atoms with van der Waals surface area (Å²) in [7, 11) is 4.02. The zero-order valence-corrected chi connectivity index (χ0v) is 33.9. The van der Waals surface area contributed by atoms with E-state index in [1.807, 2.05) is 105 Å². The smallest absolute Gasteiger partial charge is 0.293 e. The van der Waals surface area contributed by atoms with E-state index in [2.05, 4.69) is 64.1 Å². The Balaban J connectivity index is 1.43. The zero-order chi connectivity index (χ0) is 42.5. The number of para-hydroxylation sites is 6. The number of allylic oxidation sites excluding steroid dienone is 5. The molecular formula is C50H37N6O4S+. The number of nitro groups is 2. The first-order chi connectivity index (χ1) is 29.7. The van der Waals surface area contributed by atoms with E-state index >= 15 is 0 Å². The van der Waals surface area contributed by atoms with Crippen molar-refractivity contribution in [3.05, 3.63) is 230 Å². The lowest BCUT2D eigenvalue weighted by Gasteiger charge is -2.23. The van der Waals surface area contributed by atoms with Crippen LogP contribution >= 0.6 is 11.3 Å². The van der Waals surface area contributed by atoms with Gasteiger partial charge in [0.05, 0.1) is 15.4 Å². The highest BCUT2D eigenvalue weighted by molar-refractivity contribution is 7.18. The second kappa shape index (κ2) is 17.3. The van der Waals surface area contributed by atoms with Crippen molar-refractivity contribution in [2.24, 2.45) is 0 Å². The minimum absolute atomic E-state index is 0.0777. The number of rotatable bonds is 11. The fourth-order valence-electron chi connectivity index (χ4n) is 7.43. The highest BCUT2D eigenvalue weighted by Crippen LogP contribution is 2.53. The largest absolute Gasteiger partial charge is 0.345 e. The lowest BCUT2D eigenvalue weighted by Crippen LogP contribution is -2.13. The molecule has 0 amide bonds. The van der Waals surface area contributed by atoms with E-state index in [0.29, 0.717) is 15.4 Å². The molecule has 7 aromatic rings. The third-order valence-electron chi connectivity index (χ3n) is 10.5. The summed E-state index contributed by atoms with van der Waals surface area (Å²) in [5.74, 6) is 0. The minimum atomic E-state index is -0.518. The van der Waals surface area contributed by atoms with Crippen LogP contribution in [0.2, 0.25) is 0 Å². The van der Waals surface area contributed by atoms with Crippen molar-refractivity contribution in [1.29, 1.82) is 5.26 Å². The van der Waals surface area contributed by atoms with Crippen molar-refractivity contribution in [2.75, 3.05) is 23.9 Å². The lowest BCUT2D eigenvalue weighted by molar-refractivity contribution is -0.403. The van der Waals surface area contributed by atoms with Gasteiger partial charge in [0.2, 0.25) is 11.4 Å². The predicted octanol–water partition coefficient (Wildman–Crippen LogP) is 12.7. The van der Waals surface area contributed by atoms with Crippen LogP contribution in [-0.4, -0.2) is 34.2 Å². The minimum Gasteiger partial charge on any atom is -0.345 e. The van der Waals surface area contributed by atoms with E-state index in [9.17, 15) is 25.5 Å². The molecule has 0 unspecified atom stereocenters. The molecule has 296 valence electrons. The summed E-state index contributed by atoms with van der Waals surface area (Å²) in [6.45, 7) is 0.